The number of anilines is 1. The summed E-state index contributed by atoms with van der Waals surface area (Å²) in [5.41, 5.74) is 8.69. The number of nitrogens with zero attached hydrogens (tertiary/aromatic N) is 1. The number of hydrogen-bond acceptors (Lipinski definition) is 4. The minimum atomic E-state index is -0.906. The standard InChI is InChI=1S/C16H14N4O3/c17-14(21)12-6-8-13(9-7-12)19-15(22)16(23)20-18-10-11-4-2-1-3-5-11/h1-10H,(H2,17,21)(H,19,22)(H,20,23)/b18-10+. The van der Waals surface area contributed by atoms with Crippen LogP contribution in [0.1, 0.15) is 15.9 Å². The summed E-state index contributed by atoms with van der Waals surface area (Å²) < 4.78 is 0. The van der Waals surface area contributed by atoms with Gasteiger partial charge in [-0.1, -0.05) is 30.3 Å². The van der Waals surface area contributed by atoms with E-state index in [0.717, 1.165) is 5.56 Å². The zero-order valence-electron chi connectivity index (χ0n) is 12.0. The molecule has 4 N–H and O–H groups in total. The Morgan fingerprint density at radius 2 is 1.57 bits per heavy atom. The topological polar surface area (TPSA) is 114 Å². The molecule has 2 aromatic carbocycles. The number of amides is 3. The van der Waals surface area contributed by atoms with Crippen LogP contribution in [0.5, 0.6) is 0 Å². The third-order valence-electron chi connectivity index (χ3n) is 2.81. The molecule has 2 rings (SSSR count). The van der Waals surface area contributed by atoms with Gasteiger partial charge in [0.05, 0.1) is 6.21 Å². The molecule has 7 heteroatoms. The fraction of sp³-hybridized carbons (Fsp3) is 0. The lowest BCUT2D eigenvalue weighted by Crippen LogP contribution is -2.32. The van der Waals surface area contributed by atoms with Crippen molar-refractivity contribution >= 4 is 29.6 Å². The number of nitrogens with one attached hydrogen (secondary N) is 2. The molecule has 0 saturated heterocycles. The largest absolute Gasteiger partial charge is 0.366 e. The lowest BCUT2D eigenvalue weighted by atomic mass is 10.2. The van der Waals surface area contributed by atoms with Crippen LogP contribution >= 0.6 is 0 Å². The maximum Gasteiger partial charge on any atom is 0.329 e. The molecule has 0 atom stereocenters. The third-order valence-corrected chi connectivity index (χ3v) is 2.81. The molecule has 0 fully saturated rings. The van der Waals surface area contributed by atoms with Crippen molar-refractivity contribution in [1.29, 1.82) is 0 Å². The third kappa shape index (κ3) is 4.78. The van der Waals surface area contributed by atoms with Crippen molar-refractivity contribution in [3.05, 3.63) is 65.7 Å². The van der Waals surface area contributed by atoms with Gasteiger partial charge in [0, 0.05) is 11.3 Å². The highest BCUT2D eigenvalue weighted by Gasteiger charge is 2.12. The molecule has 3 amide bonds. The van der Waals surface area contributed by atoms with Crippen molar-refractivity contribution < 1.29 is 14.4 Å². The average molecular weight is 310 g/mol. The first-order valence-corrected chi connectivity index (χ1v) is 6.65. The highest BCUT2D eigenvalue weighted by Crippen LogP contribution is 2.08. The first-order chi connectivity index (χ1) is 11.1. The summed E-state index contributed by atoms with van der Waals surface area (Å²) in [6.07, 6.45) is 1.42. The van der Waals surface area contributed by atoms with E-state index < -0.39 is 17.7 Å². The Kier molecular flexibility index (Phi) is 5.19. The van der Waals surface area contributed by atoms with Gasteiger partial charge in [-0.05, 0) is 29.8 Å². The van der Waals surface area contributed by atoms with Crippen LogP contribution in [0.4, 0.5) is 5.69 Å². The van der Waals surface area contributed by atoms with E-state index in [1.807, 2.05) is 18.2 Å². The van der Waals surface area contributed by atoms with Crippen molar-refractivity contribution in [3.63, 3.8) is 0 Å². The van der Waals surface area contributed by atoms with Gasteiger partial charge in [0.15, 0.2) is 0 Å². The maximum absolute atomic E-state index is 11.7. The molecule has 0 bridgehead atoms. The molecule has 0 radical (unpaired) electrons. The Morgan fingerprint density at radius 3 is 2.17 bits per heavy atom. The van der Waals surface area contributed by atoms with Crippen LogP contribution in [0.15, 0.2) is 59.7 Å². The molecule has 116 valence electrons. The molecule has 0 aliphatic carbocycles. The minimum absolute atomic E-state index is 0.305. The zero-order valence-corrected chi connectivity index (χ0v) is 12.0. The van der Waals surface area contributed by atoms with Crippen LogP contribution in [-0.2, 0) is 9.59 Å². The van der Waals surface area contributed by atoms with Crippen LogP contribution < -0.4 is 16.5 Å². The normalized spacial score (nSPS) is 10.3. The number of rotatable bonds is 4. The van der Waals surface area contributed by atoms with Gasteiger partial charge in [-0.15, -0.1) is 0 Å². The van der Waals surface area contributed by atoms with E-state index in [2.05, 4.69) is 15.8 Å². The van der Waals surface area contributed by atoms with E-state index in [1.165, 1.54) is 30.5 Å². The molecule has 0 aromatic heterocycles. The number of hydrazone groups is 1. The van der Waals surface area contributed by atoms with Gasteiger partial charge in [-0.2, -0.15) is 5.10 Å². The predicted octanol–water partition coefficient (Wildman–Crippen LogP) is 0.874. The molecule has 0 spiro atoms. The van der Waals surface area contributed by atoms with Gasteiger partial charge in [-0.25, -0.2) is 5.43 Å². The van der Waals surface area contributed by atoms with Gasteiger partial charge in [0.2, 0.25) is 5.91 Å². The monoisotopic (exact) mass is 310 g/mol. The van der Waals surface area contributed by atoms with Crippen molar-refractivity contribution in [2.45, 2.75) is 0 Å². The molecule has 0 heterocycles. The van der Waals surface area contributed by atoms with Crippen LogP contribution in [0.3, 0.4) is 0 Å². The molecule has 0 unspecified atom stereocenters. The van der Waals surface area contributed by atoms with Gasteiger partial charge in [0.1, 0.15) is 0 Å². The van der Waals surface area contributed by atoms with Crippen LogP contribution in [0, 0.1) is 0 Å². The van der Waals surface area contributed by atoms with Crippen LogP contribution in [-0.4, -0.2) is 23.9 Å². The fourth-order valence-electron chi connectivity index (χ4n) is 1.66. The summed E-state index contributed by atoms with van der Waals surface area (Å²) in [6.45, 7) is 0. The molecule has 0 aliphatic rings. The number of hydrogen-bond donors (Lipinski definition) is 3. The molecular formula is C16H14N4O3. The quantitative estimate of drug-likeness (QED) is 0.442. The lowest BCUT2D eigenvalue weighted by Gasteiger charge is -2.04. The highest BCUT2D eigenvalue weighted by molar-refractivity contribution is 6.39. The highest BCUT2D eigenvalue weighted by atomic mass is 16.2. The molecule has 23 heavy (non-hydrogen) atoms. The Labute approximate surface area is 132 Å². The maximum atomic E-state index is 11.7. The molecule has 0 aliphatic heterocycles. The van der Waals surface area contributed by atoms with Gasteiger partial charge in [-0.3, -0.25) is 14.4 Å². The van der Waals surface area contributed by atoms with Crippen molar-refractivity contribution in [1.82, 2.24) is 5.43 Å². The predicted molar refractivity (Wildman–Crippen MR) is 85.8 cm³/mol. The van der Waals surface area contributed by atoms with Crippen molar-refractivity contribution in [2.24, 2.45) is 10.8 Å². The Bertz CT molecular complexity index is 740. The Hall–Kier alpha value is -3.48. The van der Waals surface area contributed by atoms with Gasteiger partial charge >= 0.3 is 11.8 Å². The summed E-state index contributed by atoms with van der Waals surface area (Å²) in [4.78, 5) is 34.2. The summed E-state index contributed by atoms with van der Waals surface area (Å²) in [6, 6.07) is 14.9. The lowest BCUT2D eigenvalue weighted by molar-refractivity contribution is -0.136. The van der Waals surface area contributed by atoms with Gasteiger partial charge in [0.25, 0.3) is 0 Å². The summed E-state index contributed by atoms with van der Waals surface area (Å²) in [7, 11) is 0. The van der Waals surface area contributed by atoms with Crippen molar-refractivity contribution in [3.8, 4) is 0 Å². The zero-order chi connectivity index (χ0) is 16.7. The number of carbonyl (C=O) groups is 3. The number of carbonyl (C=O) groups excluding carboxylic acids is 3. The number of nitrogens with two attached hydrogens (primary N) is 1. The number of benzene rings is 2. The molecular weight excluding hydrogens is 296 g/mol. The van der Waals surface area contributed by atoms with Crippen molar-refractivity contribution in [2.75, 3.05) is 5.32 Å². The van der Waals surface area contributed by atoms with E-state index in [-0.39, 0.29) is 0 Å². The minimum Gasteiger partial charge on any atom is -0.366 e. The average Bonchev–Trinajstić information content (AvgIpc) is 2.56. The van der Waals surface area contributed by atoms with Gasteiger partial charge < -0.3 is 11.1 Å². The van der Waals surface area contributed by atoms with E-state index in [9.17, 15) is 14.4 Å². The summed E-state index contributed by atoms with van der Waals surface area (Å²) >= 11 is 0. The second-order valence-corrected chi connectivity index (χ2v) is 4.51. The van der Waals surface area contributed by atoms with E-state index in [1.54, 1.807) is 12.1 Å². The molecule has 2 aromatic rings. The SMILES string of the molecule is NC(=O)c1ccc(NC(=O)C(=O)N/N=C/c2ccccc2)cc1. The first-order valence-electron chi connectivity index (χ1n) is 6.65. The first kappa shape index (κ1) is 15.9. The van der Waals surface area contributed by atoms with E-state index >= 15 is 0 Å². The Balaban J connectivity index is 1.88. The van der Waals surface area contributed by atoms with E-state index in [4.69, 9.17) is 5.73 Å². The second-order valence-electron chi connectivity index (χ2n) is 4.51. The summed E-state index contributed by atoms with van der Waals surface area (Å²) in [5, 5.41) is 6.07. The second kappa shape index (κ2) is 7.51. The number of primary amides is 1. The smallest absolute Gasteiger partial charge is 0.329 e. The molecule has 7 nitrogen and oxygen atoms in total. The fourth-order valence-corrected chi connectivity index (χ4v) is 1.66. The molecule has 0 saturated carbocycles. The van der Waals surface area contributed by atoms with E-state index in [0.29, 0.717) is 11.3 Å². The van der Waals surface area contributed by atoms with Crippen LogP contribution in [0.25, 0.3) is 0 Å². The Morgan fingerprint density at radius 1 is 0.913 bits per heavy atom. The summed E-state index contributed by atoms with van der Waals surface area (Å²) in [5.74, 6) is -2.35. The van der Waals surface area contributed by atoms with Crippen LogP contribution in [0.2, 0.25) is 0 Å².